The number of amidine groups is 1. The van der Waals surface area contributed by atoms with Gasteiger partial charge in [-0.1, -0.05) is 32.8 Å². The first-order chi connectivity index (χ1) is 6.22. The second-order valence-electron chi connectivity index (χ2n) is 3.98. The van der Waals surface area contributed by atoms with Gasteiger partial charge in [0.15, 0.2) is 0 Å². The third-order valence-electron chi connectivity index (χ3n) is 2.70. The Morgan fingerprint density at radius 3 is 2.46 bits per heavy atom. The summed E-state index contributed by atoms with van der Waals surface area (Å²) in [6, 6.07) is 0. The van der Waals surface area contributed by atoms with Crippen LogP contribution in [0.4, 0.5) is 0 Å². The Morgan fingerprint density at radius 2 is 2.00 bits per heavy atom. The summed E-state index contributed by atoms with van der Waals surface area (Å²) in [6.07, 6.45) is 9.97. The summed E-state index contributed by atoms with van der Waals surface area (Å²) in [5.74, 6) is 0.796. The summed E-state index contributed by atoms with van der Waals surface area (Å²) in [5.41, 5.74) is 6.08. The van der Waals surface area contributed by atoms with E-state index < -0.39 is 0 Å². The molecule has 0 fully saturated rings. The normalized spacial score (nSPS) is 20.0. The fourth-order valence-electron chi connectivity index (χ4n) is 2.22. The van der Waals surface area contributed by atoms with Gasteiger partial charge in [0.25, 0.3) is 0 Å². The van der Waals surface area contributed by atoms with Crippen molar-refractivity contribution in [1.82, 2.24) is 0 Å². The van der Waals surface area contributed by atoms with E-state index in [9.17, 15) is 0 Å². The fourth-order valence-corrected chi connectivity index (χ4v) is 2.22. The molecule has 2 N–H and O–H groups in total. The summed E-state index contributed by atoms with van der Waals surface area (Å²) >= 11 is 0. The highest BCUT2D eigenvalue weighted by atomic mass is 14.8. The lowest BCUT2D eigenvalue weighted by Gasteiger charge is -2.31. The molecule has 0 aromatic rings. The van der Waals surface area contributed by atoms with Gasteiger partial charge in [0.1, 0.15) is 0 Å². The number of aliphatic imine (C=N–C) groups is 1. The number of nitrogens with zero attached hydrogens (tertiary/aromatic N) is 1. The van der Waals surface area contributed by atoms with Gasteiger partial charge in [-0.2, -0.15) is 0 Å². The van der Waals surface area contributed by atoms with Gasteiger partial charge in [0.05, 0.1) is 5.84 Å². The molecular weight excluding hydrogens is 160 g/mol. The monoisotopic (exact) mass is 180 g/mol. The fraction of sp³-hybridized carbons (Fsp3) is 0.727. The van der Waals surface area contributed by atoms with Crippen molar-refractivity contribution in [2.24, 2.45) is 16.1 Å². The van der Waals surface area contributed by atoms with Crippen LogP contribution in [0.5, 0.6) is 0 Å². The third-order valence-corrected chi connectivity index (χ3v) is 2.70. The zero-order chi connectivity index (χ0) is 9.73. The molecule has 1 heterocycles. The molecule has 74 valence electrons. The Labute approximate surface area is 80.9 Å². The SMILES string of the molecule is CCCC1(CCC)C=CN=C(N)C1. The van der Waals surface area contributed by atoms with Crippen LogP contribution in [-0.2, 0) is 0 Å². The summed E-state index contributed by atoms with van der Waals surface area (Å²) in [4.78, 5) is 4.10. The smallest absolute Gasteiger partial charge is 0.0997 e. The molecule has 0 aromatic carbocycles. The largest absolute Gasteiger partial charge is 0.387 e. The lowest BCUT2D eigenvalue weighted by Crippen LogP contribution is -2.28. The number of rotatable bonds is 4. The summed E-state index contributed by atoms with van der Waals surface area (Å²) < 4.78 is 0. The van der Waals surface area contributed by atoms with Crippen molar-refractivity contribution < 1.29 is 0 Å². The van der Waals surface area contributed by atoms with Crippen LogP contribution in [0.15, 0.2) is 17.3 Å². The summed E-state index contributed by atoms with van der Waals surface area (Å²) in [7, 11) is 0. The van der Waals surface area contributed by atoms with Gasteiger partial charge in [-0.15, -0.1) is 0 Å². The lowest BCUT2D eigenvalue weighted by atomic mass is 9.75. The second-order valence-corrected chi connectivity index (χ2v) is 3.98. The maximum absolute atomic E-state index is 5.77. The van der Waals surface area contributed by atoms with E-state index in [-0.39, 0.29) is 0 Å². The van der Waals surface area contributed by atoms with E-state index in [1.165, 1.54) is 25.7 Å². The summed E-state index contributed by atoms with van der Waals surface area (Å²) in [6.45, 7) is 4.46. The molecule has 0 unspecified atom stereocenters. The Kier molecular flexibility index (Phi) is 3.52. The van der Waals surface area contributed by atoms with E-state index in [1.54, 1.807) is 0 Å². The Hall–Kier alpha value is -0.790. The van der Waals surface area contributed by atoms with E-state index in [0.717, 1.165) is 12.3 Å². The molecule has 0 saturated heterocycles. The van der Waals surface area contributed by atoms with Gasteiger partial charge >= 0.3 is 0 Å². The Morgan fingerprint density at radius 1 is 1.38 bits per heavy atom. The standard InChI is InChI=1S/C11H20N2/c1-3-5-11(6-4-2)7-8-13-10(12)9-11/h7-8H,3-6,9H2,1-2H3,(H2,12,13). The molecule has 0 atom stereocenters. The second kappa shape index (κ2) is 4.45. The van der Waals surface area contributed by atoms with Crippen LogP contribution in [0.2, 0.25) is 0 Å². The molecule has 1 aliphatic rings. The van der Waals surface area contributed by atoms with Gasteiger partial charge in [-0.25, -0.2) is 4.99 Å². The van der Waals surface area contributed by atoms with Crippen LogP contribution in [0.25, 0.3) is 0 Å². The molecule has 1 rings (SSSR count). The first-order valence-corrected chi connectivity index (χ1v) is 5.22. The number of hydrogen-bond acceptors (Lipinski definition) is 2. The minimum atomic E-state index is 0.315. The van der Waals surface area contributed by atoms with Crippen molar-refractivity contribution >= 4 is 5.84 Å². The zero-order valence-corrected chi connectivity index (χ0v) is 8.71. The highest BCUT2D eigenvalue weighted by Gasteiger charge is 2.28. The van der Waals surface area contributed by atoms with Crippen LogP contribution in [0.1, 0.15) is 46.0 Å². The molecule has 0 saturated carbocycles. The first kappa shape index (κ1) is 10.3. The molecule has 0 bridgehead atoms. The Balaban J connectivity index is 2.69. The first-order valence-electron chi connectivity index (χ1n) is 5.22. The molecule has 2 nitrogen and oxygen atoms in total. The van der Waals surface area contributed by atoms with E-state index in [4.69, 9.17) is 5.73 Å². The predicted molar refractivity (Wildman–Crippen MR) is 57.6 cm³/mol. The van der Waals surface area contributed by atoms with Crippen molar-refractivity contribution in [3.8, 4) is 0 Å². The average Bonchev–Trinajstić information content (AvgIpc) is 2.04. The van der Waals surface area contributed by atoms with Crippen molar-refractivity contribution in [2.45, 2.75) is 46.0 Å². The van der Waals surface area contributed by atoms with E-state index in [1.807, 2.05) is 6.20 Å². The Bertz CT molecular complexity index is 210. The van der Waals surface area contributed by atoms with Crippen molar-refractivity contribution in [1.29, 1.82) is 0 Å². The maximum atomic E-state index is 5.77. The lowest BCUT2D eigenvalue weighted by molar-refractivity contribution is 0.324. The van der Waals surface area contributed by atoms with Crippen LogP contribution in [0, 0.1) is 5.41 Å². The highest BCUT2D eigenvalue weighted by molar-refractivity contribution is 5.82. The highest BCUT2D eigenvalue weighted by Crippen LogP contribution is 2.36. The predicted octanol–water partition coefficient (Wildman–Crippen LogP) is 2.85. The van der Waals surface area contributed by atoms with Crippen LogP contribution >= 0.6 is 0 Å². The molecule has 0 aliphatic carbocycles. The van der Waals surface area contributed by atoms with Gasteiger partial charge < -0.3 is 5.73 Å². The molecule has 1 aliphatic heterocycles. The minimum Gasteiger partial charge on any atom is -0.387 e. The van der Waals surface area contributed by atoms with E-state index in [0.29, 0.717) is 5.41 Å². The van der Waals surface area contributed by atoms with Gasteiger partial charge in [0.2, 0.25) is 0 Å². The van der Waals surface area contributed by atoms with E-state index >= 15 is 0 Å². The van der Waals surface area contributed by atoms with Gasteiger partial charge in [-0.05, 0) is 18.3 Å². The molecule has 13 heavy (non-hydrogen) atoms. The average molecular weight is 180 g/mol. The molecule has 0 amide bonds. The molecule has 0 spiro atoms. The van der Waals surface area contributed by atoms with E-state index in [2.05, 4.69) is 24.9 Å². The van der Waals surface area contributed by atoms with Crippen molar-refractivity contribution in [3.63, 3.8) is 0 Å². The topological polar surface area (TPSA) is 38.4 Å². The quantitative estimate of drug-likeness (QED) is 0.709. The number of hydrogen-bond donors (Lipinski definition) is 1. The van der Waals surface area contributed by atoms with Crippen molar-refractivity contribution in [2.75, 3.05) is 0 Å². The molecule has 2 heteroatoms. The maximum Gasteiger partial charge on any atom is 0.0997 e. The number of allylic oxidation sites excluding steroid dienone is 1. The molecular formula is C11H20N2. The van der Waals surface area contributed by atoms with Crippen LogP contribution < -0.4 is 5.73 Å². The van der Waals surface area contributed by atoms with Crippen molar-refractivity contribution in [3.05, 3.63) is 12.3 Å². The molecule has 0 radical (unpaired) electrons. The summed E-state index contributed by atoms with van der Waals surface area (Å²) in [5, 5.41) is 0. The van der Waals surface area contributed by atoms with Gasteiger partial charge in [-0.3, -0.25) is 0 Å². The molecule has 0 aromatic heterocycles. The minimum absolute atomic E-state index is 0.315. The zero-order valence-electron chi connectivity index (χ0n) is 8.71. The third kappa shape index (κ3) is 2.58. The van der Waals surface area contributed by atoms with Crippen LogP contribution in [0.3, 0.4) is 0 Å². The number of nitrogens with two attached hydrogens (primary N) is 1. The van der Waals surface area contributed by atoms with Gasteiger partial charge in [0, 0.05) is 12.6 Å². The van der Waals surface area contributed by atoms with Crippen LogP contribution in [-0.4, -0.2) is 5.84 Å².